The molecular formula is C21H29FINO2. The molecule has 2 bridgehead atoms. The van der Waals surface area contributed by atoms with Gasteiger partial charge in [0.25, 0.3) is 0 Å². The molecule has 0 aliphatic carbocycles. The number of hydrogen-bond donors (Lipinski definition) is 0. The summed E-state index contributed by atoms with van der Waals surface area (Å²) in [4.78, 5) is 15.4. The Labute approximate surface area is 169 Å². The molecule has 2 heterocycles. The van der Waals surface area contributed by atoms with Crippen LogP contribution in [0.25, 0.3) is 0 Å². The predicted molar refractivity (Wildman–Crippen MR) is 110 cm³/mol. The van der Waals surface area contributed by atoms with Crippen LogP contribution in [-0.2, 0) is 9.53 Å². The first-order valence-corrected chi connectivity index (χ1v) is 11.0. The maximum absolute atomic E-state index is 13.0. The topological polar surface area (TPSA) is 29.5 Å². The number of halogens is 2. The van der Waals surface area contributed by atoms with Gasteiger partial charge in [0.05, 0.1) is 19.2 Å². The van der Waals surface area contributed by atoms with Gasteiger partial charge in [0.2, 0.25) is 0 Å². The predicted octanol–water partition coefficient (Wildman–Crippen LogP) is 4.93. The van der Waals surface area contributed by atoms with Gasteiger partial charge in [-0.1, -0.05) is 25.5 Å². The third kappa shape index (κ3) is 4.41. The molecule has 0 amide bonds. The van der Waals surface area contributed by atoms with E-state index in [0.717, 1.165) is 38.6 Å². The number of benzene rings is 1. The number of fused-ring (bicyclic) bond motifs is 2. The van der Waals surface area contributed by atoms with E-state index in [2.05, 4.69) is 58.7 Å². The first-order valence-electron chi connectivity index (χ1n) is 9.89. The Balaban J connectivity index is 1.83. The Morgan fingerprint density at radius 1 is 1.27 bits per heavy atom. The van der Waals surface area contributed by atoms with E-state index in [-0.39, 0.29) is 30.5 Å². The second-order valence-electron chi connectivity index (χ2n) is 7.52. The molecule has 144 valence electrons. The van der Waals surface area contributed by atoms with Crippen LogP contribution in [-0.4, -0.2) is 42.8 Å². The Hall–Kier alpha value is -0.690. The Morgan fingerprint density at radius 3 is 2.73 bits per heavy atom. The first-order chi connectivity index (χ1) is 12.7. The van der Waals surface area contributed by atoms with Crippen LogP contribution in [0.4, 0.5) is 4.39 Å². The summed E-state index contributed by atoms with van der Waals surface area (Å²) in [6, 6.07) is 9.22. The molecule has 0 spiro atoms. The summed E-state index contributed by atoms with van der Waals surface area (Å²) in [5.74, 6) is 0.0168. The number of ether oxygens (including phenoxy) is 1. The molecule has 3 rings (SSSR count). The van der Waals surface area contributed by atoms with Gasteiger partial charge < -0.3 is 4.74 Å². The minimum absolute atomic E-state index is 0.0578. The standard InChI is InChI=1S/C21H29FINO2/c1-2-3-13-26-21(25)20-18(15-5-7-16(23)8-6-15)14-17-9-10-19(20)24(17)12-4-11-22/h5-8,17-20H,2-4,9-14H2,1H3/t17-,18-,19?,20?/m1/s1. The average Bonchev–Trinajstić information content (AvgIpc) is 2.91. The van der Waals surface area contributed by atoms with E-state index in [4.69, 9.17) is 4.74 Å². The number of piperidine rings is 1. The van der Waals surface area contributed by atoms with Crippen LogP contribution < -0.4 is 0 Å². The van der Waals surface area contributed by atoms with E-state index >= 15 is 0 Å². The largest absolute Gasteiger partial charge is 0.465 e. The number of unbranched alkanes of at least 4 members (excludes halogenated alkanes) is 1. The molecule has 2 aliphatic rings. The molecule has 1 aromatic carbocycles. The van der Waals surface area contributed by atoms with Gasteiger partial charge in [0.15, 0.2) is 0 Å². The van der Waals surface area contributed by atoms with E-state index in [1.165, 1.54) is 9.13 Å². The van der Waals surface area contributed by atoms with Gasteiger partial charge in [0.1, 0.15) is 0 Å². The van der Waals surface area contributed by atoms with E-state index in [0.29, 0.717) is 19.1 Å². The summed E-state index contributed by atoms with van der Waals surface area (Å²) in [6.07, 6.45) is 5.58. The van der Waals surface area contributed by atoms with E-state index in [1.807, 2.05) is 0 Å². The highest BCUT2D eigenvalue weighted by atomic mass is 127. The third-order valence-electron chi connectivity index (χ3n) is 5.93. The van der Waals surface area contributed by atoms with Gasteiger partial charge in [-0.3, -0.25) is 14.1 Å². The number of alkyl halides is 1. The number of carbonyl (C=O) groups excluding carboxylic acids is 1. The average molecular weight is 473 g/mol. The van der Waals surface area contributed by atoms with Crippen molar-refractivity contribution in [2.45, 2.75) is 63.5 Å². The molecule has 0 aromatic heterocycles. The van der Waals surface area contributed by atoms with Crippen molar-refractivity contribution < 1.29 is 13.9 Å². The van der Waals surface area contributed by atoms with Gasteiger partial charge in [-0.15, -0.1) is 0 Å². The molecule has 1 aromatic rings. The summed E-state index contributed by atoms with van der Waals surface area (Å²) >= 11 is 2.31. The number of carbonyl (C=O) groups is 1. The highest BCUT2D eigenvalue weighted by Gasteiger charge is 2.50. The molecule has 2 aliphatic heterocycles. The summed E-state index contributed by atoms with van der Waals surface area (Å²) in [5, 5.41) is 0. The lowest BCUT2D eigenvalue weighted by atomic mass is 9.76. The van der Waals surface area contributed by atoms with Gasteiger partial charge in [-0.05, 0) is 72.4 Å². The zero-order valence-electron chi connectivity index (χ0n) is 15.5. The lowest BCUT2D eigenvalue weighted by Crippen LogP contribution is -2.51. The molecule has 26 heavy (non-hydrogen) atoms. The molecule has 0 radical (unpaired) electrons. The SMILES string of the molecule is CCCCOC(=O)C1C2CC[C@H](C[C@@H]1c1ccc(I)cc1)N2CCCF. The Bertz CT molecular complexity index is 594. The quantitative estimate of drug-likeness (QED) is 0.305. The van der Waals surface area contributed by atoms with Crippen molar-refractivity contribution in [2.75, 3.05) is 19.8 Å². The van der Waals surface area contributed by atoms with Crippen molar-refractivity contribution >= 4 is 28.6 Å². The fourth-order valence-corrected chi connectivity index (χ4v) is 5.05. The van der Waals surface area contributed by atoms with Crippen LogP contribution in [0, 0.1) is 9.49 Å². The summed E-state index contributed by atoms with van der Waals surface area (Å²) in [7, 11) is 0. The minimum Gasteiger partial charge on any atom is -0.465 e. The minimum atomic E-state index is -0.290. The number of esters is 1. The molecule has 2 fully saturated rings. The zero-order valence-corrected chi connectivity index (χ0v) is 17.7. The van der Waals surface area contributed by atoms with E-state index < -0.39 is 0 Å². The van der Waals surface area contributed by atoms with Gasteiger partial charge in [-0.2, -0.15) is 0 Å². The molecule has 0 N–H and O–H groups in total. The van der Waals surface area contributed by atoms with Crippen LogP contribution in [0.3, 0.4) is 0 Å². The molecule has 0 saturated carbocycles. The monoisotopic (exact) mass is 473 g/mol. The second kappa shape index (κ2) is 9.49. The van der Waals surface area contributed by atoms with Crippen LogP contribution >= 0.6 is 22.6 Å². The molecule has 5 heteroatoms. The number of nitrogens with zero attached hydrogens (tertiary/aromatic N) is 1. The molecular weight excluding hydrogens is 444 g/mol. The van der Waals surface area contributed by atoms with E-state index in [1.54, 1.807) is 0 Å². The lowest BCUT2D eigenvalue weighted by molar-refractivity contribution is -0.154. The smallest absolute Gasteiger partial charge is 0.311 e. The first kappa shape index (κ1) is 20.1. The summed E-state index contributed by atoms with van der Waals surface area (Å²) < 4.78 is 19.6. The molecule has 3 nitrogen and oxygen atoms in total. The van der Waals surface area contributed by atoms with Crippen LogP contribution in [0.15, 0.2) is 24.3 Å². The highest BCUT2D eigenvalue weighted by molar-refractivity contribution is 14.1. The second-order valence-corrected chi connectivity index (χ2v) is 8.77. The van der Waals surface area contributed by atoms with Crippen LogP contribution in [0.5, 0.6) is 0 Å². The fraction of sp³-hybridized carbons (Fsp3) is 0.667. The Morgan fingerprint density at radius 2 is 2.04 bits per heavy atom. The van der Waals surface area contributed by atoms with Crippen LogP contribution in [0.2, 0.25) is 0 Å². The normalized spacial score (nSPS) is 28.3. The third-order valence-corrected chi connectivity index (χ3v) is 6.65. The number of hydrogen-bond acceptors (Lipinski definition) is 3. The van der Waals surface area contributed by atoms with Gasteiger partial charge in [0, 0.05) is 28.1 Å². The van der Waals surface area contributed by atoms with Crippen LogP contribution in [0.1, 0.15) is 56.9 Å². The van der Waals surface area contributed by atoms with Crippen molar-refractivity contribution in [1.82, 2.24) is 4.90 Å². The van der Waals surface area contributed by atoms with E-state index in [9.17, 15) is 9.18 Å². The maximum atomic E-state index is 13.0. The number of rotatable bonds is 8. The highest BCUT2D eigenvalue weighted by Crippen LogP contribution is 2.47. The van der Waals surface area contributed by atoms with Gasteiger partial charge in [-0.25, -0.2) is 0 Å². The summed E-state index contributed by atoms with van der Waals surface area (Å²) in [6.45, 7) is 3.07. The Kier molecular flexibility index (Phi) is 7.32. The van der Waals surface area contributed by atoms with Crippen molar-refractivity contribution in [2.24, 2.45) is 5.92 Å². The van der Waals surface area contributed by atoms with Gasteiger partial charge >= 0.3 is 5.97 Å². The molecule has 4 atom stereocenters. The lowest BCUT2D eigenvalue weighted by Gasteiger charge is -2.43. The zero-order chi connectivity index (χ0) is 18.5. The summed E-state index contributed by atoms with van der Waals surface area (Å²) in [5.41, 5.74) is 1.24. The molecule has 2 unspecified atom stereocenters. The molecule has 2 saturated heterocycles. The van der Waals surface area contributed by atoms with Crippen molar-refractivity contribution in [3.8, 4) is 0 Å². The van der Waals surface area contributed by atoms with Crippen molar-refractivity contribution in [3.05, 3.63) is 33.4 Å². The van der Waals surface area contributed by atoms with Crippen molar-refractivity contribution in [1.29, 1.82) is 0 Å². The maximum Gasteiger partial charge on any atom is 0.311 e. The van der Waals surface area contributed by atoms with Crippen molar-refractivity contribution in [3.63, 3.8) is 0 Å². The fourth-order valence-electron chi connectivity index (χ4n) is 4.69.